The quantitative estimate of drug-likeness (QED) is 0.714. The van der Waals surface area contributed by atoms with E-state index < -0.39 is 17.8 Å². The number of carbonyl (C=O) groups excluding carboxylic acids is 2. The van der Waals surface area contributed by atoms with Crippen LogP contribution in [-0.2, 0) is 25.5 Å². The van der Waals surface area contributed by atoms with Crippen molar-refractivity contribution in [1.82, 2.24) is 0 Å². The lowest BCUT2D eigenvalue weighted by atomic mass is 9.87. The van der Waals surface area contributed by atoms with Crippen LogP contribution in [0.3, 0.4) is 0 Å². The highest BCUT2D eigenvalue weighted by molar-refractivity contribution is 5.79. The van der Waals surface area contributed by atoms with Crippen LogP contribution in [0.4, 0.5) is 0 Å². The van der Waals surface area contributed by atoms with Crippen molar-refractivity contribution in [3.8, 4) is 12.1 Å². The Morgan fingerprint density at radius 1 is 1.17 bits per heavy atom. The van der Waals surface area contributed by atoms with Gasteiger partial charge >= 0.3 is 11.9 Å². The van der Waals surface area contributed by atoms with Crippen LogP contribution in [0.25, 0.3) is 0 Å². The predicted molar refractivity (Wildman–Crippen MR) is 80.9 cm³/mol. The second kappa shape index (κ2) is 9.22. The smallest absolute Gasteiger partial charge is 0.315 e. The molecule has 1 aromatic carbocycles. The Hall–Kier alpha value is -2.86. The van der Waals surface area contributed by atoms with E-state index in [1.165, 1.54) is 7.11 Å². The summed E-state index contributed by atoms with van der Waals surface area (Å²) in [5.41, 5.74) is 1.44. The Labute approximate surface area is 135 Å². The molecule has 0 aliphatic heterocycles. The van der Waals surface area contributed by atoms with Gasteiger partial charge in [0, 0.05) is 6.42 Å². The average Bonchev–Trinajstić information content (AvgIpc) is 2.58. The Bertz CT molecular complexity index is 611. The third kappa shape index (κ3) is 5.12. The second-order valence-corrected chi connectivity index (χ2v) is 4.78. The number of methoxy groups -OCH3 is 1. The van der Waals surface area contributed by atoms with Crippen molar-refractivity contribution in [3.63, 3.8) is 0 Å². The van der Waals surface area contributed by atoms with Crippen molar-refractivity contribution >= 4 is 11.9 Å². The molecule has 0 radical (unpaired) electrons. The molecule has 1 aromatic rings. The number of aryl methyl sites for hydroxylation is 1. The maximum Gasteiger partial charge on any atom is 0.315 e. The Morgan fingerprint density at radius 3 is 2.26 bits per heavy atom. The molecule has 0 aromatic heterocycles. The summed E-state index contributed by atoms with van der Waals surface area (Å²) >= 11 is 0. The van der Waals surface area contributed by atoms with Crippen LogP contribution >= 0.6 is 0 Å². The highest BCUT2D eigenvalue weighted by Gasteiger charge is 2.31. The van der Waals surface area contributed by atoms with Crippen molar-refractivity contribution < 1.29 is 19.1 Å². The van der Waals surface area contributed by atoms with Gasteiger partial charge in [-0.3, -0.25) is 9.59 Å². The van der Waals surface area contributed by atoms with E-state index >= 15 is 0 Å². The van der Waals surface area contributed by atoms with Crippen molar-refractivity contribution in [2.24, 2.45) is 5.92 Å². The molecule has 0 aliphatic carbocycles. The zero-order chi connectivity index (χ0) is 17.2. The van der Waals surface area contributed by atoms with Crippen LogP contribution < -0.4 is 0 Å². The number of benzene rings is 1. The molecule has 0 amide bonds. The summed E-state index contributed by atoms with van der Waals surface area (Å²) in [6.45, 7) is 1.84. The zero-order valence-electron chi connectivity index (χ0n) is 13.1. The van der Waals surface area contributed by atoms with Crippen molar-refractivity contribution in [2.45, 2.75) is 25.7 Å². The van der Waals surface area contributed by atoms with Crippen LogP contribution in [0, 0.1) is 28.6 Å². The summed E-state index contributed by atoms with van der Waals surface area (Å²) in [5.74, 6) is -2.95. The minimum absolute atomic E-state index is 0.177. The van der Waals surface area contributed by atoms with E-state index in [2.05, 4.69) is 4.74 Å². The van der Waals surface area contributed by atoms with Crippen molar-refractivity contribution in [1.29, 1.82) is 10.5 Å². The van der Waals surface area contributed by atoms with E-state index in [0.29, 0.717) is 12.0 Å². The maximum atomic E-state index is 12.1. The molecule has 0 fully saturated rings. The number of esters is 2. The number of rotatable bonds is 7. The first-order valence-corrected chi connectivity index (χ1v) is 7.18. The number of hydrogen-bond donors (Lipinski definition) is 0. The maximum absolute atomic E-state index is 12.1. The lowest BCUT2D eigenvalue weighted by Crippen LogP contribution is -2.22. The van der Waals surface area contributed by atoms with Crippen LogP contribution in [0.5, 0.6) is 0 Å². The average molecular weight is 314 g/mol. The number of carbonyl (C=O) groups is 2. The van der Waals surface area contributed by atoms with Gasteiger partial charge < -0.3 is 9.47 Å². The molecule has 0 aliphatic rings. The van der Waals surface area contributed by atoms with Crippen LogP contribution in [0.15, 0.2) is 24.3 Å². The van der Waals surface area contributed by atoms with Gasteiger partial charge in [0.05, 0.1) is 25.9 Å². The first-order valence-electron chi connectivity index (χ1n) is 7.18. The lowest BCUT2D eigenvalue weighted by Gasteiger charge is -2.16. The topological polar surface area (TPSA) is 100 Å². The Kier molecular flexibility index (Phi) is 7.29. The largest absolute Gasteiger partial charge is 0.469 e. The van der Waals surface area contributed by atoms with Crippen molar-refractivity contribution in [3.05, 3.63) is 35.4 Å². The SMILES string of the molecule is CCOC(=O)C(c1ccc(CCC(=O)OC)cc1)C(C#N)C#N. The third-order valence-electron chi connectivity index (χ3n) is 3.34. The summed E-state index contributed by atoms with van der Waals surface area (Å²) in [6, 6.07) is 10.5. The first kappa shape index (κ1) is 18.2. The van der Waals surface area contributed by atoms with Gasteiger partial charge in [0.1, 0.15) is 5.92 Å². The van der Waals surface area contributed by atoms with Gasteiger partial charge in [-0.25, -0.2) is 0 Å². The summed E-state index contributed by atoms with van der Waals surface area (Å²) in [7, 11) is 1.33. The van der Waals surface area contributed by atoms with Crippen LogP contribution in [-0.4, -0.2) is 25.7 Å². The van der Waals surface area contributed by atoms with Gasteiger partial charge in [0.15, 0.2) is 5.92 Å². The van der Waals surface area contributed by atoms with E-state index in [4.69, 9.17) is 15.3 Å². The first-order chi connectivity index (χ1) is 11.1. The van der Waals surface area contributed by atoms with Gasteiger partial charge in [-0.15, -0.1) is 0 Å². The Morgan fingerprint density at radius 2 is 1.78 bits per heavy atom. The number of nitrogens with zero attached hydrogens (tertiary/aromatic N) is 2. The molecule has 0 saturated carbocycles. The normalized spacial score (nSPS) is 11.2. The number of ether oxygens (including phenoxy) is 2. The van der Waals surface area contributed by atoms with Crippen molar-refractivity contribution in [2.75, 3.05) is 13.7 Å². The number of hydrogen-bond acceptors (Lipinski definition) is 6. The molecular weight excluding hydrogens is 296 g/mol. The molecule has 0 N–H and O–H groups in total. The van der Waals surface area contributed by atoms with Gasteiger partial charge in [-0.2, -0.15) is 10.5 Å². The molecule has 23 heavy (non-hydrogen) atoms. The molecule has 120 valence electrons. The van der Waals surface area contributed by atoms with Gasteiger partial charge in [0.2, 0.25) is 0 Å². The van der Waals surface area contributed by atoms with E-state index in [9.17, 15) is 9.59 Å². The highest BCUT2D eigenvalue weighted by Crippen LogP contribution is 2.26. The molecule has 0 bridgehead atoms. The van der Waals surface area contributed by atoms with Crippen LogP contribution in [0.1, 0.15) is 30.4 Å². The van der Waals surface area contributed by atoms with Gasteiger partial charge in [0.25, 0.3) is 0 Å². The molecule has 6 nitrogen and oxygen atoms in total. The second-order valence-electron chi connectivity index (χ2n) is 4.78. The van der Waals surface area contributed by atoms with Gasteiger partial charge in [-0.1, -0.05) is 24.3 Å². The molecular formula is C17H18N2O4. The van der Waals surface area contributed by atoms with Crippen LogP contribution in [0.2, 0.25) is 0 Å². The molecule has 1 rings (SSSR count). The molecule has 0 saturated heterocycles. The molecule has 6 heteroatoms. The molecule has 1 unspecified atom stereocenters. The molecule has 1 atom stereocenters. The molecule has 0 heterocycles. The Balaban J connectivity index is 2.95. The van der Waals surface area contributed by atoms with E-state index in [1.807, 2.05) is 12.1 Å². The van der Waals surface area contributed by atoms with E-state index in [0.717, 1.165) is 5.56 Å². The lowest BCUT2D eigenvalue weighted by molar-refractivity contribution is -0.145. The number of nitriles is 2. The highest BCUT2D eigenvalue weighted by atomic mass is 16.5. The fraction of sp³-hybridized carbons (Fsp3) is 0.412. The van der Waals surface area contributed by atoms with E-state index in [1.54, 1.807) is 31.2 Å². The molecule has 0 spiro atoms. The predicted octanol–water partition coefficient (Wildman–Crippen LogP) is 2.10. The summed E-state index contributed by atoms with van der Waals surface area (Å²) in [4.78, 5) is 23.2. The summed E-state index contributed by atoms with van der Waals surface area (Å²) in [6.07, 6.45) is 0.771. The summed E-state index contributed by atoms with van der Waals surface area (Å²) < 4.78 is 9.55. The fourth-order valence-corrected chi connectivity index (χ4v) is 2.11. The van der Waals surface area contributed by atoms with E-state index in [-0.39, 0.29) is 19.0 Å². The minimum atomic E-state index is -1.12. The third-order valence-corrected chi connectivity index (χ3v) is 3.34. The monoisotopic (exact) mass is 314 g/mol. The zero-order valence-corrected chi connectivity index (χ0v) is 13.1. The van der Waals surface area contributed by atoms with Gasteiger partial charge in [-0.05, 0) is 24.5 Å². The standard InChI is InChI=1S/C17H18N2O4/c1-3-23-17(21)16(14(10-18)11-19)13-7-4-12(5-8-13)6-9-15(20)22-2/h4-5,7-8,14,16H,3,6,9H2,1-2H3. The summed E-state index contributed by atoms with van der Waals surface area (Å²) in [5, 5.41) is 18.1. The fourth-order valence-electron chi connectivity index (χ4n) is 2.11. The minimum Gasteiger partial charge on any atom is -0.469 e.